The van der Waals surface area contributed by atoms with E-state index in [0.717, 1.165) is 12.5 Å². The highest BCUT2D eigenvalue weighted by Crippen LogP contribution is 2.33. The van der Waals surface area contributed by atoms with Crippen molar-refractivity contribution in [2.24, 2.45) is 11.8 Å². The largest absolute Gasteiger partial charge is 0.394 e. The van der Waals surface area contributed by atoms with Gasteiger partial charge >= 0.3 is 0 Å². The topological polar surface area (TPSA) is 48.0 Å². The minimum Gasteiger partial charge on any atom is -0.394 e. The van der Waals surface area contributed by atoms with Gasteiger partial charge < -0.3 is 10.3 Å². The van der Waals surface area contributed by atoms with Crippen LogP contribution in [0.1, 0.15) is 26.2 Å². The van der Waals surface area contributed by atoms with Crippen LogP contribution in [-0.2, 0) is 6.54 Å². The number of nitrogen functional groups attached to an aromatic ring is 1. The molecule has 0 radical (unpaired) electrons. The fourth-order valence-corrected chi connectivity index (χ4v) is 2.17. The summed E-state index contributed by atoms with van der Waals surface area (Å²) in [7, 11) is 0. The lowest BCUT2D eigenvalue weighted by atomic mass is 9.76. The second-order valence-electron chi connectivity index (χ2n) is 4.59. The number of rotatable bonds is 3. The molecule has 1 heterocycles. The normalized spacial score (nSPS) is 18.5. The first-order chi connectivity index (χ1) is 7.18. The fraction of sp³-hybridized carbons (Fsp3) is 0.583. The van der Waals surface area contributed by atoms with E-state index in [0.29, 0.717) is 11.6 Å². The summed E-state index contributed by atoms with van der Waals surface area (Å²) in [4.78, 5) is 11.7. The molecule has 1 aliphatic carbocycles. The predicted molar refractivity (Wildman–Crippen MR) is 61.6 cm³/mol. The lowest BCUT2D eigenvalue weighted by molar-refractivity contribution is 0.200. The molecule has 1 aromatic heterocycles. The molecule has 0 spiro atoms. The lowest BCUT2D eigenvalue weighted by Gasteiger charge is -2.31. The zero-order valence-corrected chi connectivity index (χ0v) is 9.15. The molecular weight excluding hydrogens is 188 g/mol. The Labute approximate surface area is 89.9 Å². The van der Waals surface area contributed by atoms with Crippen molar-refractivity contribution in [3.63, 3.8) is 0 Å². The van der Waals surface area contributed by atoms with Crippen molar-refractivity contribution in [3.05, 3.63) is 28.7 Å². The summed E-state index contributed by atoms with van der Waals surface area (Å²) in [5.74, 6) is 1.39. The van der Waals surface area contributed by atoms with E-state index >= 15 is 0 Å². The first-order valence-corrected chi connectivity index (χ1v) is 5.63. The van der Waals surface area contributed by atoms with Gasteiger partial charge in [-0.25, -0.2) is 0 Å². The van der Waals surface area contributed by atoms with Crippen LogP contribution in [0.15, 0.2) is 23.1 Å². The summed E-state index contributed by atoms with van der Waals surface area (Å²) in [6, 6.07) is 3.50. The van der Waals surface area contributed by atoms with Gasteiger partial charge in [0.1, 0.15) is 0 Å². The van der Waals surface area contributed by atoms with E-state index < -0.39 is 0 Å². The highest BCUT2D eigenvalue weighted by Gasteiger charge is 2.24. The molecule has 82 valence electrons. The lowest BCUT2D eigenvalue weighted by Crippen LogP contribution is -2.29. The smallest absolute Gasteiger partial charge is 0.273 e. The number of hydrogen-bond donors (Lipinski definition) is 1. The Hall–Kier alpha value is -1.25. The van der Waals surface area contributed by atoms with Crippen LogP contribution in [0.4, 0.5) is 5.69 Å². The van der Waals surface area contributed by atoms with Gasteiger partial charge in [-0.2, -0.15) is 0 Å². The molecule has 2 rings (SSSR count). The van der Waals surface area contributed by atoms with Crippen LogP contribution in [0.25, 0.3) is 0 Å². The number of hydrogen-bond acceptors (Lipinski definition) is 2. The number of pyridine rings is 1. The van der Waals surface area contributed by atoms with E-state index in [1.54, 1.807) is 10.6 Å². The molecule has 3 heteroatoms. The maximum atomic E-state index is 11.7. The Bertz CT molecular complexity index is 393. The van der Waals surface area contributed by atoms with Gasteiger partial charge in [-0.1, -0.05) is 26.2 Å². The summed E-state index contributed by atoms with van der Waals surface area (Å²) in [5.41, 5.74) is 5.88. The van der Waals surface area contributed by atoms with Crippen LogP contribution >= 0.6 is 0 Å². The number of nitrogens with two attached hydrogens (primary N) is 1. The molecular formula is C12H18N2O. The van der Waals surface area contributed by atoms with E-state index in [9.17, 15) is 4.79 Å². The molecule has 2 N–H and O–H groups in total. The molecule has 1 aromatic rings. The Kier molecular flexibility index (Phi) is 2.80. The van der Waals surface area contributed by atoms with Crippen molar-refractivity contribution in [2.45, 2.75) is 32.7 Å². The highest BCUT2D eigenvalue weighted by molar-refractivity contribution is 5.33. The van der Waals surface area contributed by atoms with Gasteiger partial charge in [0.25, 0.3) is 5.56 Å². The Morgan fingerprint density at radius 1 is 1.60 bits per heavy atom. The Morgan fingerprint density at radius 3 is 2.93 bits per heavy atom. The maximum Gasteiger partial charge on any atom is 0.273 e. The van der Waals surface area contributed by atoms with Gasteiger partial charge in [0.2, 0.25) is 0 Å². The first kappa shape index (κ1) is 10.3. The molecule has 1 fully saturated rings. The molecule has 1 aliphatic rings. The minimum atomic E-state index is -0.0522. The van der Waals surface area contributed by atoms with Crippen molar-refractivity contribution in [1.82, 2.24) is 4.57 Å². The number of nitrogens with zero attached hydrogens (tertiary/aromatic N) is 1. The fourth-order valence-electron chi connectivity index (χ4n) is 2.17. The summed E-state index contributed by atoms with van der Waals surface area (Å²) >= 11 is 0. The van der Waals surface area contributed by atoms with Gasteiger partial charge in [0.05, 0.1) is 5.69 Å². The molecule has 0 bridgehead atoms. The molecule has 1 atom stereocenters. The summed E-state index contributed by atoms with van der Waals surface area (Å²) in [6.45, 7) is 3.02. The molecule has 1 unspecified atom stereocenters. The SMILES string of the molecule is CC(Cn1cccc(N)c1=O)C1CCC1. The number of anilines is 1. The van der Waals surface area contributed by atoms with Crippen LogP contribution < -0.4 is 11.3 Å². The zero-order chi connectivity index (χ0) is 10.8. The zero-order valence-electron chi connectivity index (χ0n) is 9.15. The number of aromatic nitrogens is 1. The third-order valence-electron chi connectivity index (χ3n) is 3.49. The summed E-state index contributed by atoms with van der Waals surface area (Å²) in [5, 5.41) is 0. The summed E-state index contributed by atoms with van der Waals surface area (Å²) in [6.07, 6.45) is 5.81. The van der Waals surface area contributed by atoms with Crippen molar-refractivity contribution in [1.29, 1.82) is 0 Å². The Balaban J connectivity index is 2.09. The Morgan fingerprint density at radius 2 is 2.33 bits per heavy atom. The third-order valence-corrected chi connectivity index (χ3v) is 3.49. The quantitative estimate of drug-likeness (QED) is 0.820. The van der Waals surface area contributed by atoms with Gasteiger partial charge in [0, 0.05) is 12.7 Å². The van der Waals surface area contributed by atoms with Crippen LogP contribution in [0.2, 0.25) is 0 Å². The van der Waals surface area contributed by atoms with E-state index in [2.05, 4.69) is 6.92 Å². The first-order valence-electron chi connectivity index (χ1n) is 5.63. The van der Waals surface area contributed by atoms with Crippen LogP contribution in [0.3, 0.4) is 0 Å². The van der Waals surface area contributed by atoms with Gasteiger partial charge in [0.15, 0.2) is 0 Å². The van der Waals surface area contributed by atoms with E-state index in [1.807, 2.05) is 12.3 Å². The minimum absolute atomic E-state index is 0.0522. The predicted octanol–water partition coefficient (Wildman–Crippen LogP) is 1.87. The van der Waals surface area contributed by atoms with Gasteiger partial charge in [-0.05, 0) is 24.0 Å². The summed E-state index contributed by atoms with van der Waals surface area (Å²) < 4.78 is 1.73. The van der Waals surface area contributed by atoms with E-state index in [-0.39, 0.29) is 5.56 Å². The van der Waals surface area contributed by atoms with Crippen molar-refractivity contribution in [2.75, 3.05) is 5.73 Å². The second kappa shape index (κ2) is 4.09. The van der Waals surface area contributed by atoms with Crippen molar-refractivity contribution < 1.29 is 0 Å². The molecule has 0 aliphatic heterocycles. The molecule has 15 heavy (non-hydrogen) atoms. The molecule has 1 saturated carbocycles. The van der Waals surface area contributed by atoms with E-state index in [1.165, 1.54) is 19.3 Å². The van der Waals surface area contributed by atoms with Crippen LogP contribution in [0.5, 0.6) is 0 Å². The monoisotopic (exact) mass is 206 g/mol. The highest BCUT2D eigenvalue weighted by atomic mass is 16.1. The van der Waals surface area contributed by atoms with Gasteiger partial charge in [-0.15, -0.1) is 0 Å². The van der Waals surface area contributed by atoms with Crippen LogP contribution in [0, 0.1) is 11.8 Å². The maximum absolute atomic E-state index is 11.7. The average molecular weight is 206 g/mol. The molecule has 0 aromatic carbocycles. The van der Waals surface area contributed by atoms with E-state index in [4.69, 9.17) is 5.73 Å². The van der Waals surface area contributed by atoms with Crippen molar-refractivity contribution in [3.8, 4) is 0 Å². The third kappa shape index (κ3) is 2.06. The van der Waals surface area contributed by atoms with Crippen LogP contribution in [-0.4, -0.2) is 4.57 Å². The van der Waals surface area contributed by atoms with Gasteiger partial charge in [-0.3, -0.25) is 4.79 Å². The standard InChI is InChI=1S/C12H18N2O/c1-9(10-4-2-5-10)8-14-7-3-6-11(13)12(14)15/h3,6-7,9-10H,2,4-5,8,13H2,1H3. The molecule has 0 saturated heterocycles. The van der Waals surface area contributed by atoms with Crippen molar-refractivity contribution >= 4 is 5.69 Å². The molecule has 0 amide bonds. The second-order valence-corrected chi connectivity index (χ2v) is 4.59. The average Bonchev–Trinajstić information content (AvgIpc) is 2.10. The molecule has 3 nitrogen and oxygen atoms in total.